The van der Waals surface area contributed by atoms with Gasteiger partial charge in [0, 0.05) is 17.9 Å². The van der Waals surface area contributed by atoms with Gasteiger partial charge in [0.15, 0.2) is 0 Å². The number of allylic oxidation sites excluding steroid dienone is 7. The van der Waals surface area contributed by atoms with Crippen molar-refractivity contribution in [1.29, 1.82) is 0 Å². The summed E-state index contributed by atoms with van der Waals surface area (Å²) in [5, 5.41) is 0. The summed E-state index contributed by atoms with van der Waals surface area (Å²) >= 11 is 0. The zero-order valence-electron chi connectivity index (χ0n) is 16.8. The Morgan fingerprint density at radius 1 is 1.36 bits per heavy atom. The second kappa shape index (κ2) is 8.21. The first-order valence-corrected chi connectivity index (χ1v) is 9.65. The highest BCUT2D eigenvalue weighted by Crippen LogP contribution is 2.48. The van der Waals surface area contributed by atoms with E-state index in [4.69, 9.17) is 4.74 Å². The Balaban J connectivity index is 2.48. The summed E-state index contributed by atoms with van der Waals surface area (Å²) in [4.78, 5) is 12.0. The molecule has 0 fully saturated rings. The third kappa shape index (κ3) is 4.74. The molecule has 138 valence electrons. The van der Waals surface area contributed by atoms with Crippen LogP contribution in [0, 0.1) is 17.3 Å². The van der Waals surface area contributed by atoms with Crippen molar-refractivity contribution in [3.05, 3.63) is 46.6 Å². The molecule has 25 heavy (non-hydrogen) atoms. The number of ether oxygens (including phenoxy) is 1. The second-order valence-corrected chi connectivity index (χ2v) is 8.27. The third-order valence-corrected chi connectivity index (χ3v) is 5.67. The number of rotatable bonds is 4. The van der Waals surface area contributed by atoms with Gasteiger partial charge < -0.3 is 4.74 Å². The van der Waals surface area contributed by atoms with Gasteiger partial charge in [0.25, 0.3) is 0 Å². The Morgan fingerprint density at radius 2 is 2.08 bits per heavy atom. The molecular formula is C23H34O2. The van der Waals surface area contributed by atoms with E-state index in [1.165, 1.54) is 30.4 Å². The van der Waals surface area contributed by atoms with E-state index in [0.29, 0.717) is 12.5 Å². The average molecular weight is 343 g/mol. The normalized spacial score (nSPS) is 27.0. The van der Waals surface area contributed by atoms with Crippen molar-refractivity contribution in [2.75, 3.05) is 6.61 Å². The number of hydrogen-bond acceptors (Lipinski definition) is 2. The molecule has 0 bridgehead atoms. The quantitative estimate of drug-likeness (QED) is 0.347. The molecule has 2 rings (SSSR count). The van der Waals surface area contributed by atoms with Crippen LogP contribution in [0.1, 0.15) is 67.2 Å². The molecule has 0 aromatic heterocycles. The van der Waals surface area contributed by atoms with Crippen molar-refractivity contribution in [3.8, 4) is 0 Å². The maximum atomic E-state index is 12.0. The fraction of sp³-hybridized carbons (Fsp3) is 0.609. The summed E-state index contributed by atoms with van der Waals surface area (Å²) in [7, 11) is 0. The van der Waals surface area contributed by atoms with Crippen LogP contribution in [0.4, 0.5) is 0 Å². The van der Waals surface area contributed by atoms with E-state index in [9.17, 15) is 4.79 Å². The van der Waals surface area contributed by atoms with Crippen molar-refractivity contribution < 1.29 is 9.53 Å². The van der Waals surface area contributed by atoms with Crippen LogP contribution < -0.4 is 0 Å². The predicted octanol–water partition coefficient (Wildman–Crippen LogP) is 6.16. The monoisotopic (exact) mass is 342 g/mol. The molecule has 0 aromatic rings. The van der Waals surface area contributed by atoms with Crippen LogP contribution in [0.25, 0.3) is 0 Å². The van der Waals surface area contributed by atoms with E-state index < -0.39 is 0 Å². The number of hydrogen-bond donors (Lipinski definition) is 0. The zero-order chi connectivity index (χ0) is 18.6. The number of esters is 1. The molecule has 0 aromatic carbocycles. The standard InChI is InChI=1S/C23H34O2/c1-7-25-21(24)15-18(4)19-12-8-10-16(2)14-20(19)22-17(3)11-9-13-23(22,5)6/h8,12,14-15,19-20H,7,9-11,13H2,1-6H3/b18-15+/t19-,20-/m0/s1. The second-order valence-electron chi connectivity index (χ2n) is 8.27. The van der Waals surface area contributed by atoms with Gasteiger partial charge in [-0.2, -0.15) is 0 Å². The van der Waals surface area contributed by atoms with Crippen LogP contribution in [-0.2, 0) is 9.53 Å². The van der Waals surface area contributed by atoms with Gasteiger partial charge in [-0.3, -0.25) is 0 Å². The van der Waals surface area contributed by atoms with Crippen LogP contribution in [0.2, 0.25) is 0 Å². The largest absolute Gasteiger partial charge is 0.463 e. The van der Waals surface area contributed by atoms with Gasteiger partial charge >= 0.3 is 5.97 Å². The molecule has 0 heterocycles. The molecule has 0 spiro atoms. The van der Waals surface area contributed by atoms with Crippen molar-refractivity contribution in [2.45, 2.75) is 67.2 Å². The van der Waals surface area contributed by atoms with Crippen molar-refractivity contribution in [2.24, 2.45) is 17.3 Å². The highest BCUT2D eigenvalue weighted by Gasteiger charge is 2.36. The first-order chi connectivity index (χ1) is 11.8. The molecule has 0 aliphatic heterocycles. The van der Waals surface area contributed by atoms with Crippen molar-refractivity contribution >= 4 is 5.97 Å². The summed E-state index contributed by atoms with van der Waals surface area (Å²) in [6.07, 6.45) is 13.4. The molecule has 0 saturated carbocycles. The molecule has 2 aliphatic rings. The number of carbonyl (C=O) groups excluding carboxylic acids is 1. The Hall–Kier alpha value is -1.57. The Bertz CT molecular complexity index is 628. The van der Waals surface area contributed by atoms with Crippen molar-refractivity contribution in [1.82, 2.24) is 0 Å². The highest BCUT2D eigenvalue weighted by atomic mass is 16.5. The summed E-state index contributed by atoms with van der Waals surface area (Å²) < 4.78 is 5.13. The lowest BCUT2D eigenvalue weighted by Gasteiger charge is -2.40. The molecule has 2 aliphatic carbocycles. The Labute approximate surface area is 153 Å². The molecule has 2 nitrogen and oxygen atoms in total. The molecular weight excluding hydrogens is 308 g/mol. The van der Waals surface area contributed by atoms with Crippen molar-refractivity contribution in [3.63, 3.8) is 0 Å². The molecule has 0 N–H and O–H groups in total. The number of carbonyl (C=O) groups is 1. The molecule has 0 radical (unpaired) electrons. The zero-order valence-corrected chi connectivity index (χ0v) is 16.8. The predicted molar refractivity (Wildman–Crippen MR) is 105 cm³/mol. The van der Waals surface area contributed by atoms with Crippen LogP contribution in [0.3, 0.4) is 0 Å². The van der Waals surface area contributed by atoms with Crippen LogP contribution in [0.15, 0.2) is 46.6 Å². The lowest BCUT2D eigenvalue weighted by Crippen LogP contribution is -2.29. The van der Waals surface area contributed by atoms with Gasteiger partial charge in [0.2, 0.25) is 0 Å². The van der Waals surface area contributed by atoms with E-state index in [1.807, 2.05) is 6.92 Å². The van der Waals surface area contributed by atoms with Gasteiger partial charge in [-0.1, -0.05) is 54.4 Å². The van der Waals surface area contributed by atoms with Gasteiger partial charge in [-0.25, -0.2) is 4.79 Å². The molecule has 0 saturated heterocycles. The summed E-state index contributed by atoms with van der Waals surface area (Å²) in [6.45, 7) is 13.6. The van der Waals surface area contributed by atoms with Gasteiger partial charge in [0.05, 0.1) is 6.61 Å². The van der Waals surface area contributed by atoms with E-state index in [0.717, 1.165) is 12.0 Å². The van der Waals surface area contributed by atoms with Crippen LogP contribution >= 0.6 is 0 Å². The fourth-order valence-corrected chi connectivity index (χ4v) is 4.54. The van der Waals surface area contributed by atoms with Crippen LogP contribution in [-0.4, -0.2) is 12.6 Å². The van der Waals surface area contributed by atoms with E-state index >= 15 is 0 Å². The molecule has 2 atom stereocenters. The van der Waals surface area contributed by atoms with Gasteiger partial charge in [-0.05, 0) is 58.8 Å². The minimum Gasteiger partial charge on any atom is -0.463 e. The van der Waals surface area contributed by atoms with Gasteiger partial charge in [0.1, 0.15) is 0 Å². The molecule has 2 heteroatoms. The van der Waals surface area contributed by atoms with Gasteiger partial charge in [-0.15, -0.1) is 0 Å². The van der Waals surface area contributed by atoms with E-state index in [1.54, 1.807) is 11.6 Å². The average Bonchev–Trinajstić information content (AvgIpc) is 2.68. The lowest BCUT2D eigenvalue weighted by atomic mass is 9.64. The summed E-state index contributed by atoms with van der Waals surface area (Å²) in [6, 6.07) is 0. The SMILES string of the molecule is CCOC(=O)/C=C(\C)[C@@H]1C=CCC(C)=C[C@@H]1C1=C(C)CCCC1(C)C. The maximum Gasteiger partial charge on any atom is 0.330 e. The molecule has 0 amide bonds. The minimum atomic E-state index is -0.231. The highest BCUT2D eigenvalue weighted by molar-refractivity contribution is 5.82. The molecule has 0 unspecified atom stereocenters. The maximum absolute atomic E-state index is 12.0. The fourth-order valence-electron chi connectivity index (χ4n) is 4.54. The third-order valence-electron chi connectivity index (χ3n) is 5.67. The first kappa shape index (κ1) is 19.8. The summed E-state index contributed by atoms with van der Waals surface area (Å²) in [5.41, 5.74) is 5.83. The minimum absolute atomic E-state index is 0.213. The Morgan fingerprint density at radius 3 is 2.72 bits per heavy atom. The lowest BCUT2D eigenvalue weighted by molar-refractivity contribution is -0.137. The summed E-state index contributed by atoms with van der Waals surface area (Å²) in [5.74, 6) is 0.328. The Kier molecular flexibility index (Phi) is 6.48. The topological polar surface area (TPSA) is 26.3 Å². The van der Waals surface area contributed by atoms with Crippen LogP contribution in [0.5, 0.6) is 0 Å². The smallest absolute Gasteiger partial charge is 0.330 e. The van der Waals surface area contributed by atoms with E-state index in [2.05, 4.69) is 52.8 Å². The first-order valence-electron chi connectivity index (χ1n) is 9.65. The van der Waals surface area contributed by atoms with E-state index in [-0.39, 0.29) is 17.3 Å².